The lowest BCUT2D eigenvalue weighted by atomic mass is 10.2. The van der Waals surface area contributed by atoms with Crippen molar-refractivity contribution in [2.45, 2.75) is 30.6 Å². The van der Waals surface area contributed by atoms with Gasteiger partial charge in [0.15, 0.2) is 5.16 Å². The molecule has 7 nitrogen and oxygen atoms in total. The predicted molar refractivity (Wildman–Crippen MR) is 66.6 cm³/mol. The number of nitrogens with one attached hydrogen (secondary N) is 2. The number of rotatable bonds is 5. The van der Waals surface area contributed by atoms with Gasteiger partial charge in [0.2, 0.25) is 5.91 Å². The second-order valence-corrected chi connectivity index (χ2v) is 4.96. The van der Waals surface area contributed by atoms with E-state index in [2.05, 4.69) is 15.5 Å². The smallest absolute Gasteiger partial charge is 0.344 e. The molecule has 8 heteroatoms. The number of aromatic amines is 1. The Balaban J connectivity index is 2.01. The topological polar surface area (TPSA) is 89.0 Å². The molecule has 1 saturated heterocycles. The van der Waals surface area contributed by atoms with E-state index in [0.29, 0.717) is 11.7 Å². The quantitative estimate of drug-likeness (QED) is 0.711. The minimum atomic E-state index is -0.259. The summed E-state index contributed by atoms with van der Waals surface area (Å²) in [6, 6.07) is 0. The Morgan fingerprint density at radius 1 is 1.72 bits per heavy atom. The fourth-order valence-corrected chi connectivity index (χ4v) is 2.60. The molecule has 1 atom stereocenters. The molecule has 18 heavy (non-hydrogen) atoms. The van der Waals surface area contributed by atoms with Gasteiger partial charge in [0.1, 0.15) is 0 Å². The third-order valence-corrected chi connectivity index (χ3v) is 3.72. The molecule has 0 aliphatic carbocycles. The first kappa shape index (κ1) is 13.2. The standard InChI is InChI=1S/C10H16N4O3S/c1-11-8(15)6-18-10-13-12-9(16)14(10)5-7-3-2-4-17-7/h7H,2-6H2,1H3,(H,11,15)(H,12,16)/t7-/m1/s1. The summed E-state index contributed by atoms with van der Waals surface area (Å²) in [7, 11) is 1.58. The van der Waals surface area contributed by atoms with Crippen molar-refractivity contribution >= 4 is 17.7 Å². The second kappa shape index (κ2) is 6.05. The summed E-state index contributed by atoms with van der Waals surface area (Å²) in [6.45, 7) is 1.24. The van der Waals surface area contributed by atoms with Gasteiger partial charge in [0, 0.05) is 13.7 Å². The number of nitrogens with zero attached hydrogens (tertiary/aromatic N) is 2. The van der Waals surface area contributed by atoms with Crippen molar-refractivity contribution in [3.63, 3.8) is 0 Å². The Kier molecular flexibility index (Phi) is 4.43. The van der Waals surface area contributed by atoms with Gasteiger partial charge in [-0.25, -0.2) is 9.89 Å². The van der Waals surface area contributed by atoms with E-state index in [9.17, 15) is 9.59 Å². The van der Waals surface area contributed by atoms with Gasteiger partial charge < -0.3 is 10.1 Å². The van der Waals surface area contributed by atoms with Crippen LogP contribution < -0.4 is 11.0 Å². The third kappa shape index (κ3) is 3.14. The van der Waals surface area contributed by atoms with Crippen molar-refractivity contribution in [2.24, 2.45) is 0 Å². The van der Waals surface area contributed by atoms with Crippen molar-refractivity contribution < 1.29 is 9.53 Å². The summed E-state index contributed by atoms with van der Waals surface area (Å²) in [5, 5.41) is 9.37. The fourth-order valence-electron chi connectivity index (χ4n) is 1.77. The number of ether oxygens (including phenoxy) is 1. The summed E-state index contributed by atoms with van der Waals surface area (Å²) >= 11 is 1.24. The molecule has 0 radical (unpaired) electrons. The van der Waals surface area contributed by atoms with E-state index in [1.807, 2.05) is 0 Å². The zero-order chi connectivity index (χ0) is 13.0. The highest BCUT2D eigenvalue weighted by Crippen LogP contribution is 2.17. The van der Waals surface area contributed by atoms with Crippen LogP contribution >= 0.6 is 11.8 Å². The first-order valence-corrected chi connectivity index (χ1v) is 6.79. The van der Waals surface area contributed by atoms with Crippen LogP contribution in [0.25, 0.3) is 0 Å². The van der Waals surface area contributed by atoms with Gasteiger partial charge in [-0.05, 0) is 12.8 Å². The van der Waals surface area contributed by atoms with Crippen LogP contribution in [0.2, 0.25) is 0 Å². The molecule has 0 saturated carbocycles. The average molecular weight is 272 g/mol. The average Bonchev–Trinajstić information content (AvgIpc) is 2.99. The lowest BCUT2D eigenvalue weighted by Crippen LogP contribution is -2.25. The highest BCUT2D eigenvalue weighted by molar-refractivity contribution is 7.99. The maximum Gasteiger partial charge on any atom is 0.344 e. The molecule has 0 aromatic carbocycles. The Morgan fingerprint density at radius 2 is 2.56 bits per heavy atom. The van der Waals surface area contributed by atoms with Crippen molar-refractivity contribution in [3.05, 3.63) is 10.5 Å². The summed E-state index contributed by atoms with van der Waals surface area (Å²) in [6.07, 6.45) is 2.05. The summed E-state index contributed by atoms with van der Waals surface area (Å²) < 4.78 is 7.02. The van der Waals surface area contributed by atoms with Gasteiger partial charge in [0.05, 0.1) is 18.4 Å². The molecule has 1 aromatic rings. The molecule has 1 aliphatic heterocycles. The summed E-state index contributed by atoms with van der Waals surface area (Å²) in [5.74, 6) is 0.144. The number of aromatic nitrogens is 3. The molecule has 2 heterocycles. The molecule has 1 aromatic heterocycles. The molecule has 1 amide bonds. The number of thioether (sulfide) groups is 1. The van der Waals surface area contributed by atoms with E-state index in [-0.39, 0.29) is 23.5 Å². The molecule has 1 aliphatic rings. The summed E-state index contributed by atoms with van der Waals surface area (Å²) in [4.78, 5) is 22.8. The molecular weight excluding hydrogens is 256 g/mol. The largest absolute Gasteiger partial charge is 0.376 e. The van der Waals surface area contributed by atoms with Crippen molar-refractivity contribution in [2.75, 3.05) is 19.4 Å². The SMILES string of the molecule is CNC(=O)CSc1n[nH]c(=O)n1C[C@H]1CCCO1. The minimum Gasteiger partial charge on any atom is -0.376 e. The van der Waals surface area contributed by atoms with E-state index >= 15 is 0 Å². The van der Waals surface area contributed by atoms with Gasteiger partial charge in [-0.1, -0.05) is 11.8 Å². The lowest BCUT2D eigenvalue weighted by Gasteiger charge is -2.10. The van der Waals surface area contributed by atoms with Gasteiger partial charge >= 0.3 is 5.69 Å². The number of hydrogen-bond acceptors (Lipinski definition) is 5. The van der Waals surface area contributed by atoms with Crippen LogP contribution in [0.15, 0.2) is 9.95 Å². The van der Waals surface area contributed by atoms with Crippen LogP contribution in [-0.2, 0) is 16.1 Å². The number of hydrogen-bond donors (Lipinski definition) is 2. The monoisotopic (exact) mass is 272 g/mol. The van der Waals surface area contributed by atoms with Crippen molar-refractivity contribution in [1.82, 2.24) is 20.1 Å². The maximum atomic E-state index is 11.6. The van der Waals surface area contributed by atoms with E-state index < -0.39 is 0 Å². The van der Waals surface area contributed by atoms with E-state index in [1.165, 1.54) is 16.3 Å². The van der Waals surface area contributed by atoms with Crippen LogP contribution in [0.4, 0.5) is 0 Å². The highest BCUT2D eigenvalue weighted by atomic mass is 32.2. The molecule has 0 unspecified atom stereocenters. The summed E-state index contributed by atoms with van der Waals surface area (Å²) in [5.41, 5.74) is -0.259. The molecule has 0 spiro atoms. The molecular formula is C10H16N4O3S. The minimum absolute atomic E-state index is 0.0691. The normalized spacial score (nSPS) is 19.1. The van der Waals surface area contributed by atoms with Crippen LogP contribution in [0.1, 0.15) is 12.8 Å². The maximum absolute atomic E-state index is 11.6. The second-order valence-electron chi connectivity index (χ2n) is 4.02. The Bertz CT molecular complexity index is 464. The van der Waals surface area contributed by atoms with E-state index in [0.717, 1.165) is 19.4 Å². The molecule has 1 fully saturated rings. The van der Waals surface area contributed by atoms with Crippen molar-refractivity contribution in [1.29, 1.82) is 0 Å². The van der Waals surface area contributed by atoms with E-state index in [4.69, 9.17) is 4.74 Å². The third-order valence-electron chi connectivity index (χ3n) is 2.74. The Labute approximate surface area is 108 Å². The number of H-pyrrole nitrogens is 1. The van der Waals surface area contributed by atoms with E-state index in [1.54, 1.807) is 7.05 Å². The zero-order valence-corrected chi connectivity index (χ0v) is 11.0. The van der Waals surface area contributed by atoms with Gasteiger partial charge in [-0.3, -0.25) is 9.36 Å². The van der Waals surface area contributed by atoms with Gasteiger partial charge in [-0.15, -0.1) is 5.10 Å². The van der Waals surface area contributed by atoms with Gasteiger partial charge in [-0.2, -0.15) is 0 Å². The lowest BCUT2D eigenvalue weighted by molar-refractivity contribution is -0.118. The first-order chi connectivity index (χ1) is 8.70. The van der Waals surface area contributed by atoms with Crippen LogP contribution in [0, 0.1) is 0 Å². The number of amides is 1. The molecule has 2 rings (SSSR count). The molecule has 100 valence electrons. The molecule has 0 bridgehead atoms. The Hall–Kier alpha value is -1.28. The highest BCUT2D eigenvalue weighted by Gasteiger charge is 2.19. The first-order valence-electron chi connectivity index (χ1n) is 5.81. The fraction of sp³-hybridized carbons (Fsp3) is 0.700. The van der Waals surface area contributed by atoms with Crippen molar-refractivity contribution in [3.8, 4) is 0 Å². The predicted octanol–water partition coefficient (Wildman–Crippen LogP) is -0.411. The van der Waals surface area contributed by atoms with Crippen LogP contribution in [-0.4, -0.2) is 46.2 Å². The number of carbonyl (C=O) groups is 1. The Morgan fingerprint density at radius 3 is 3.22 bits per heavy atom. The van der Waals surface area contributed by atoms with Gasteiger partial charge in [0.25, 0.3) is 0 Å². The van der Waals surface area contributed by atoms with Crippen LogP contribution in [0.3, 0.4) is 0 Å². The van der Waals surface area contributed by atoms with Crippen LogP contribution in [0.5, 0.6) is 0 Å². The molecule has 2 N–H and O–H groups in total. The number of carbonyl (C=O) groups excluding carboxylic acids is 1. The zero-order valence-electron chi connectivity index (χ0n) is 10.1.